The van der Waals surface area contributed by atoms with Crippen LogP contribution in [-0.2, 0) is 22.0 Å². The Morgan fingerprint density at radius 2 is 1.55 bits per heavy atom. The summed E-state index contributed by atoms with van der Waals surface area (Å²) in [6, 6.07) is 18.8. The number of hydrogen-bond acceptors (Lipinski definition) is 1. The molecule has 3 aromatic carbocycles. The molecule has 0 unspecified atom stereocenters. The Hall–Kier alpha value is -1.20. The van der Waals surface area contributed by atoms with Crippen molar-refractivity contribution >= 4 is 32.4 Å². The predicted molar refractivity (Wildman–Crippen MR) is 133 cm³/mol. The van der Waals surface area contributed by atoms with E-state index in [1.54, 1.807) is 0 Å². The van der Waals surface area contributed by atoms with Crippen LogP contribution in [0.1, 0.15) is 38.2 Å². The maximum atomic E-state index is 13.6. The molecule has 0 atom stereocenters. The Morgan fingerprint density at radius 3 is 2.19 bits per heavy atom. The van der Waals surface area contributed by atoms with Crippen molar-refractivity contribution in [1.29, 1.82) is 0 Å². The summed E-state index contributed by atoms with van der Waals surface area (Å²) in [6.45, 7) is 10.3. The SMILES string of the molecule is Cc1cc(C)c(C(=O)[NH][Hf]([Cl])([Cl])([c]2cccc3c2Cc2ccccc2-3)[SiH](C)C)c(C)c1. The van der Waals surface area contributed by atoms with Crippen molar-refractivity contribution in [2.75, 3.05) is 0 Å². The van der Waals surface area contributed by atoms with Crippen LogP contribution in [0.3, 0.4) is 0 Å². The Kier molecular flexibility index (Phi) is 5.92. The molecule has 0 saturated heterocycles. The van der Waals surface area contributed by atoms with Crippen molar-refractivity contribution in [1.82, 2.24) is 3.30 Å². The van der Waals surface area contributed by atoms with E-state index in [1.165, 1.54) is 22.3 Å². The third-order valence-electron chi connectivity index (χ3n) is 6.61. The van der Waals surface area contributed by atoms with E-state index < -0.39 is 21.6 Å². The summed E-state index contributed by atoms with van der Waals surface area (Å²) in [6.07, 6.45) is 0.812. The number of benzene rings is 3. The third kappa shape index (κ3) is 3.80. The summed E-state index contributed by atoms with van der Waals surface area (Å²) < 4.78 is 4.35. The van der Waals surface area contributed by atoms with E-state index in [9.17, 15) is 4.79 Å². The fourth-order valence-electron chi connectivity index (χ4n) is 4.92. The van der Waals surface area contributed by atoms with Gasteiger partial charge in [0.15, 0.2) is 0 Å². The van der Waals surface area contributed by atoms with E-state index in [0.717, 1.165) is 26.4 Å². The monoisotopic (exact) mass is 636 g/mol. The molecule has 1 amide bonds. The number of amides is 1. The van der Waals surface area contributed by atoms with E-state index in [2.05, 4.69) is 52.8 Å². The fourth-order valence-corrected chi connectivity index (χ4v) is 29.9. The fraction of sp³-hybridized carbons (Fsp3) is 0.240. The van der Waals surface area contributed by atoms with Gasteiger partial charge in [0.05, 0.1) is 0 Å². The van der Waals surface area contributed by atoms with E-state index in [4.69, 9.17) is 17.2 Å². The number of aryl methyl sites for hydroxylation is 3. The molecule has 0 aliphatic heterocycles. The molecule has 1 N–H and O–H groups in total. The van der Waals surface area contributed by atoms with Gasteiger partial charge in [0.1, 0.15) is 0 Å². The number of nitrogens with one attached hydrogen (secondary N) is 1. The van der Waals surface area contributed by atoms with Crippen LogP contribution in [0, 0.1) is 20.8 Å². The van der Waals surface area contributed by atoms with Gasteiger partial charge in [0, 0.05) is 0 Å². The molecule has 0 fully saturated rings. The number of hydrogen-bond donors (Lipinski definition) is 1. The molecule has 0 saturated carbocycles. The molecule has 1 aliphatic rings. The van der Waals surface area contributed by atoms with Crippen molar-refractivity contribution < 1.29 is 20.4 Å². The van der Waals surface area contributed by atoms with Crippen molar-refractivity contribution in [2.45, 2.75) is 40.3 Å². The van der Waals surface area contributed by atoms with Gasteiger partial charge in [-0.15, -0.1) is 0 Å². The van der Waals surface area contributed by atoms with Crippen LogP contribution in [0.25, 0.3) is 11.1 Å². The Morgan fingerprint density at radius 1 is 0.935 bits per heavy atom. The molecule has 3 aromatic rings. The average molecular weight is 636 g/mol. The van der Waals surface area contributed by atoms with Gasteiger partial charge in [-0.2, -0.15) is 0 Å². The zero-order valence-electron chi connectivity index (χ0n) is 18.6. The first-order valence-electron chi connectivity index (χ1n) is 10.7. The second-order valence-corrected chi connectivity index (χ2v) is 64.4. The maximum absolute atomic E-state index is 13.6. The molecule has 0 bridgehead atoms. The third-order valence-corrected chi connectivity index (χ3v) is 68.2. The minimum absolute atomic E-state index is 0.135. The summed E-state index contributed by atoms with van der Waals surface area (Å²) in [4.78, 5) is 13.6. The molecule has 0 heterocycles. The second kappa shape index (κ2) is 7.98. The summed E-state index contributed by atoms with van der Waals surface area (Å²) in [7, 11) is 15.2. The van der Waals surface area contributed by atoms with Crippen molar-refractivity contribution in [3.63, 3.8) is 0 Å². The van der Waals surface area contributed by atoms with Crippen LogP contribution in [0.2, 0.25) is 13.1 Å². The zero-order chi connectivity index (χ0) is 22.6. The quantitative estimate of drug-likeness (QED) is 0.269. The van der Waals surface area contributed by atoms with Crippen LogP contribution in [0.5, 0.6) is 0 Å². The van der Waals surface area contributed by atoms with Gasteiger partial charge in [-0.25, -0.2) is 0 Å². The van der Waals surface area contributed by atoms with Crippen molar-refractivity contribution in [3.05, 3.63) is 88.0 Å². The minimum atomic E-state index is -4.99. The molecule has 0 aromatic heterocycles. The van der Waals surface area contributed by atoms with Gasteiger partial charge in [0.25, 0.3) is 0 Å². The van der Waals surface area contributed by atoms with E-state index in [0.29, 0.717) is 5.56 Å². The summed E-state index contributed by atoms with van der Waals surface area (Å²) in [5.41, 5.74) is 8.68. The van der Waals surface area contributed by atoms with Crippen LogP contribution in [-0.4, -0.2) is 11.9 Å². The first kappa shape index (κ1) is 23.0. The number of carbonyl (C=O) groups is 1. The summed E-state index contributed by atoms with van der Waals surface area (Å²) in [5.74, 6) is -1.81. The van der Waals surface area contributed by atoms with Gasteiger partial charge in [0.2, 0.25) is 0 Å². The van der Waals surface area contributed by atoms with Gasteiger partial charge >= 0.3 is 195 Å². The second-order valence-electron chi connectivity index (χ2n) is 9.13. The van der Waals surface area contributed by atoms with Crippen molar-refractivity contribution in [3.8, 4) is 11.1 Å². The van der Waals surface area contributed by atoms with E-state index in [1.807, 2.05) is 39.0 Å². The number of halogens is 2. The zero-order valence-corrected chi connectivity index (χ0v) is 24.9. The molecule has 6 heteroatoms. The van der Waals surface area contributed by atoms with Crippen LogP contribution < -0.4 is 6.62 Å². The van der Waals surface area contributed by atoms with E-state index in [-0.39, 0.29) is 5.91 Å². The number of fused-ring (bicyclic) bond motifs is 3. The van der Waals surface area contributed by atoms with Crippen LogP contribution >= 0.6 is 17.2 Å². The molecular formula is C25H28Cl2HfNOSi. The molecular weight excluding hydrogens is 608 g/mol. The standard InChI is InChI=1S/C13H9.C10H13NO.C2H7Si.2ClH.Hf/c1-3-7-12-10(5-1)9-11-6-2-4-8-13(11)12;1-6-4-7(2)9(10(11)12)8(3)5-6;1-3-2;;;/h1-5,7-8H,9H2;4-5H,1-3H3,(H2,11,12);3H,1-2H3;2*1H;/q;;;;;+3/p-3. The molecule has 0 radical (unpaired) electrons. The molecule has 161 valence electrons. The topological polar surface area (TPSA) is 29.1 Å². The normalized spacial score (nSPS) is 14.0. The van der Waals surface area contributed by atoms with Gasteiger partial charge in [-0.3, -0.25) is 0 Å². The Bertz CT molecular complexity index is 1200. The predicted octanol–water partition coefficient (Wildman–Crippen LogP) is 6.13. The van der Waals surface area contributed by atoms with Crippen LogP contribution in [0.15, 0.2) is 54.6 Å². The van der Waals surface area contributed by atoms with Crippen molar-refractivity contribution in [2.24, 2.45) is 0 Å². The molecule has 31 heavy (non-hydrogen) atoms. The molecule has 2 nitrogen and oxygen atoms in total. The molecule has 4 rings (SSSR count). The molecule has 0 spiro atoms. The average Bonchev–Trinajstić information content (AvgIpc) is 3.05. The number of rotatable bonds is 4. The number of carbonyl (C=O) groups excluding carboxylic acids is 1. The Balaban J connectivity index is 1.85. The Labute approximate surface area is 194 Å². The summed E-state index contributed by atoms with van der Waals surface area (Å²) in [5, 5.41) is 0. The summed E-state index contributed by atoms with van der Waals surface area (Å²) >= 11 is -4.99. The van der Waals surface area contributed by atoms with Crippen LogP contribution in [0.4, 0.5) is 0 Å². The first-order chi connectivity index (χ1) is 14.5. The first-order valence-corrected chi connectivity index (χ1v) is 32.3. The van der Waals surface area contributed by atoms with E-state index >= 15 is 0 Å². The van der Waals surface area contributed by atoms with Gasteiger partial charge in [-0.05, 0) is 0 Å². The van der Waals surface area contributed by atoms with Gasteiger partial charge in [-0.1, -0.05) is 0 Å². The van der Waals surface area contributed by atoms with Gasteiger partial charge < -0.3 is 0 Å². The molecule has 1 aliphatic carbocycles.